The molecule has 0 aromatic heterocycles. The number of nitrogens with one attached hydrogen (secondary N) is 2. The highest BCUT2D eigenvalue weighted by Gasteiger charge is 2.18. The number of hydrogen-bond donors (Lipinski definition) is 3. The highest BCUT2D eigenvalue weighted by Crippen LogP contribution is 2.23. The lowest BCUT2D eigenvalue weighted by atomic mass is 9.96. The number of ether oxygens (including phenoxy) is 1. The molecular weight excluding hydrogens is 292 g/mol. The molecule has 2 amide bonds. The summed E-state index contributed by atoms with van der Waals surface area (Å²) < 4.78 is 5.17. The number of aliphatic hydroxyl groups excluding tert-OH is 1. The van der Waals surface area contributed by atoms with Gasteiger partial charge in [0.25, 0.3) is 0 Å². The van der Waals surface area contributed by atoms with Crippen LogP contribution >= 0.6 is 0 Å². The van der Waals surface area contributed by atoms with Crippen molar-refractivity contribution in [1.29, 1.82) is 0 Å². The number of carbonyl (C=O) groups is 1. The zero-order valence-electron chi connectivity index (χ0n) is 14.8. The second kappa shape index (κ2) is 9.40. The fourth-order valence-corrected chi connectivity index (χ4v) is 2.57. The first-order chi connectivity index (χ1) is 10.8. The van der Waals surface area contributed by atoms with Gasteiger partial charge in [-0.05, 0) is 42.9 Å². The van der Waals surface area contributed by atoms with Crippen molar-refractivity contribution in [3.05, 3.63) is 29.8 Å². The van der Waals surface area contributed by atoms with Gasteiger partial charge in [0, 0.05) is 6.54 Å². The molecule has 3 N–H and O–H groups in total. The van der Waals surface area contributed by atoms with Gasteiger partial charge in [-0.2, -0.15) is 0 Å². The van der Waals surface area contributed by atoms with E-state index in [1.54, 1.807) is 14.0 Å². The molecule has 130 valence electrons. The molecule has 0 aliphatic heterocycles. The Morgan fingerprint density at radius 1 is 1.17 bits per heavy atom. The van der Waals surface area contributed by atoms with E-state index in [1.807, 2.05) is 31.2 Å². The van der Waals surface area contributed by atoms with Crippen molar-refractivity contribution in [1.82, 2.24) is 10.6 Å². The van der Waals surface area contributed by atoms with Crippen LogP contribution < -0.4 is 15.4 Å². The van der Waals surface area contributed by atoms with E-state index in [0.29, 0.717) is 13.0 Å². The highest BCUT2D eigenvalue weighted by molar-refractivity contribution is 5.74. The molecule has 1 aromatic rings. The number of amides is 2. The average molecular weight is 322 g/mol. The maximum Gasteiger partial charge on any atom is 0.315 e. The van der Waals surface area contributed by atoms with Crippen LogP contribution in [0.5, 0.6) is 5.75 Å². The second-order valence-electron chi connectivity index (χ2n) is 6.54. The van der Waals surface area contributed by atoms with Crippen molar-refractivity contribution in [3.63, 3.8) is 0 Å². The molecule has 0 saturated carbocycles. The summed E-state index contributed by atoms with van der Waals surface area (Å²) in [5.41, 5.74) is 1.05. The van der Waals surface area contributed by atoms with Crippen LogP contribution in [0.15, 0.2) is 24.3 Å². The second-order valence-corrected chi connectivity index (χ2v) is 6.54. The van der Waals surface area contributed by atoms with Crippen molar-refractivity contribution in [2.75, 3.05) is 13.7 Å². The van der Waals surface area contributed by atoms with E-state index in [9.17, 15) is 9.90 Å². The van der Waals surface area contributed by atoms with E-state index in [1.165, 1.54) is 0 Å². The summed E-state index contributed by atoms with van der Waals surface area (Å²) in [7, 11) is 1.63. The molecule has 23 heavy (non-hydrogen) atoms. The fraction of sp³-hybridized carbons (Fsp3) is 0.611. The standard InChI is InChI=1S/C18H30N2O3/c1-12(2)17(15-6-8-16(23-5)9-7-15)20-18(22)19-11-13(3)10-14(4)21/h6-9,12-14,17,21H,10-11H2,1-5H3,(H2,19,20,22). The number of benzene rings is 1. The lowest BCUT2D eigenvalue weighted by Gasteiger charge is -2.24. The van der Waals surface area contributed by atoms with Crippen LogP contribution in [0.2, 0.25) is 0 Å². The van der Waals surface area contributed by atoms with Crippen LogP contribution in [0.1, 0.15) is 45.7 Å². The van der Waals surface area contributed by atoms with Crippen LogP contribution in [0, 0.1) is 11.8 Å². The number of urea groups is 1. The van der Waals surface area contributed by atoms with Gasteiger partial charge in [-0.3, -0.25) is 0 Å². The van der Waals surface area contributed by atoms with Gasteiger partial charge in [0.1, 0.15) is 5.75 Å². The van der Waals surface area contributed by atoms with E-state index < -0.39 is 0 Å². The third-order valence-electron chi connectivity index (χ3n) is 3.78. The maximum absolute atomic E-state index is 12.1. The van der Waals surface area contributed by atoms with Gasteiger partial charge in [-0.25, -0.2) is 4.79 Å². The highest BCUT2D eigenvalue weighted by atomic mass is 16.5. The SMILES string of the molecule is COc1ccc(C(NC(=O)NCC(C)CC(C)O)C(C)C)cc1. The molecule has 1 rings (SSSR count). The van der Waals surface area contributed by atoms with Crippen molar-refractivity contribution in [2.24, 2.45) is 11.8 Å². The number of carbonyl (C=O) groups excluding carboxylic acids is 1. The third kappa shape index (κ3) is 6.91. The molecule has 0 fully saturated rings. The molecule has 5 heteroatoms. The Morgan fingerprint density at radius 2 is 1.78 bits per heavy atom. The summed E-state index contributed by atoms with van der Waals surface area (Å²) in [6.07, 6.45) is 0.324. The molecule has 0 spiro atoms. The smallest absolute Gasteiger partial charge is 0.315 e. The van der Waals surface area contributed by atoms with Crippen molar-refractivity contribution >= 4 is 6.03 Å². The third-order valence-corrected chi connectivity index (χ3v) is 3.78. The van der Waals surface area contributed by atoms with Crippen molar-refractivity contribution in [2.45, 2.75) is 46.3 Å². The molecule has 3 unspecified atom stereocenters. The topological polar surface area (TPSA) is 70.6 Å². The molecule has 0 radical (unpaired) electrons. The Morgan fingerprint density at radius 3 is 2.26 bits per heavy atom. The van der Waals surface area contributed by atoms with E-state index in [2.05, 4.69) is 24.5 Å². The van der Waals surface area contributed by atoms with Gasteiger partial charge in [-0.15, -0.1) is 0 Å². The van der Waals surface area contributed by atoms with Crippen molar-refractivity contribution in [3.8, 4) is 5.75 Å². The molecule has 0 heterocycles. The van der Waals surface area contributed by atoms with Crippen LogP contribution in [-0.2, 0) is 0 Å². The Hall–Kier alpha value is -1.75. The number of rotatable bonds is 8. The molecule has 0 bridgehead atoms. The molecule has 0 aliphatic rings. The lowest BCUT2D eigenvalue weighted by molar-refractivity contribution is 0.163. The summed E-state index contributed by atoms with van der Waals surface area (Å²) in [4.78, 5) is 12.1. The monoisotopic (exact) mass is 322 g/mol. The lowest BCUT2D eigenvalue weighted by Crippen LogP contribution is -2.41. The van der Waals surface area contributed by atoms with Crippen molar-refractivity contribution < 1.29 is 14.6 Å². The van der Waals surface area contributed by atoms with Gasteiger partial charge in [0.15, 0.2) is 0 Å². The van der Waals surface area contributed by atoms with Gasteiger partial charge in [-0.1, -0.05) is 32.9 Å². The minimum Gasteiger partial charge on any atom is -0.497 e. The van der Waals surface area contributed by atoms with Gasteiger partial charge >= 0.3 is 6.03 Å². The Bertz CT molecular complexity index is 472. The quantitative estimate of drug-likeness (QED) is 0.689. The van der Waals surface area contributed by atoms with E-state index in [-0.39, 0.29) is 30.0 Å². The zero-order valence-corrected chi connectivity index (χ0v) is 14.8. The predicted molar refractivity (Wildman–Crippen MR) is 92.6 cm³/mol. The van der Waals surface area contributed by atoms with Gasteiger partial charge < -0.3 is 20.5 Å². The molecule has 3 atom stereocenters. The first-order valence-electron chi connectivity index (χ1n) is 8.19. The van der Waals surface area contributed by atoms with Crippen LogP contribution in [0.3, 0.4) is 0 Å². The summed E-state index contributed by atoms with van der Waals surface area (Å²) in [5, 5.41) is 15.3. The summed E-state index contributed by atoms with van der Waals surface area (Å²) in [6, 6.07) is 7.49. The normalized spacial score (nSPS) is 14.9. The summed E-state index contributed by atoms with van der Waals surface area (Å²) in [5.74, 6) is 1.30. The maximum atomic E-state index is 12.1. The first-order valence-corrected chi connectivity index (χ1v) is 8.19. The minimum absolute atomic E-state index is 0.0621. The zero-order chi connectivity index (χ0) is 17.4. The largest absolute Gasteiger partial charge is 0.497 e. The molecule has 1 aromatic carbocycles. The summed E-state index contributed by atoms with van der Waals surface area (Å²) in [6.45, 7) is 8.46. The van der Waals surface area contributed by atoms with Gasteiger partial charge in [0.2, 0.25) is 0 Å². The fourth-order valence-electron chi connectivity index (χ4n) is 2.57. The minimum atomic E-state index is -0.349. The predicted octanol–water partition coefficient (Wildman–Crippen LogP) is 3.10. The number of methoxy groups -OCH3 is 1. The average Bonchev–Trinajstić information content (AvgIpc) is 2.50. The van der Waals surface area contributed by atoms with Crippen LogP contribution in [0.25, 0.3) is 0 Å². The Kier molecular flexibility index (Phi) is 7.89. The molecule has 0 aliphatic carbocycles. The van der Waals surface area contributed by atoms with E-state index in [0.717, 1.165) is 11.3 Å². The van der Waals surface area contributed by atoms with Crippen LogP contribution in [0.4, 0.5) is 4.79 Å². The Labute approximate surface area is 139 Å². The van der Waals surface area contributed by atoms with Gasteiger partial charge in [0.05, 0.1) is 19.3 Å². The van der Waals surface area contributed by atoms with E-state index in [4.69, 9.17) is 4.74 Å². The van der Waals surface area contributed by atoms with E-state index >= 15 is 0 Å². The number of hydrogen-bond acceptors (Lipinski definition) is 3. The molecule has 0 saturated heterocycles. The van der Waals surface area contributed by atoms with Crippen LogP contribution in [-0.4, -0.2) is 30.9 Å². The molecular formula is C18H30N2O3. The Balaban J connectivity index is 2.59. The number of aliphatic hydroxyl groups is 1. The molecule has 5 nitrogen and oxygen atoms in total. The summed E-state index contributed by atoms with van der Waals surface area (Å²) >= 11 is 0. The first kappa shape index (κ1) is 19.3.